The average Bonchev–Trinajstić information content (AvgIpc) is 2.26. The quantitative estimate of drug-likeness (QED) is 0.316. The van der Waals surface area contributed by atoms with E-state index in [4.69, 9.17) is 10.9 Å². The van der Waals surface area contributed by atoms with Crippen molar-refractivity contribution >= 4 is 11.7 Å². The van der Waals surface area contributed by atoms with E-state index in [1.54, 1.807) is 0 Å². The molecular weight excluding hydrogens is 242 g/mol. The number of hydrogen-bond donors (Lipinski definition) is 3. The van der Waals surface area contributed by atoms with E-state index in [9.17, 15) is 4.79 Å². The average molecular weight is 269 g/mol. The number of hydrogen-bond acceptors (Lipinski definition) is 3. The number of nitrogens with one attached hydrogen (secondary N) is 1. The first-order chi connectivity index (χ1) is 8.76. The van der Waals surface area contributed by atoms with Gasteiger partial charge in [0, 0.05) is 6.04 Å². The first-order valence-corrected chi connectivity index (χ1v) is 7.04. The molecule has 1 fully saturated rings. The number of carbonyl (C=O) groups is 1. The molecule has 0 bridgehead atoms. The van der Waals surface area contributed by atoms with E-state index in [1.165, 1.54) is 6.42 Å². The summed E-state index contributed by atoms with van der Waals surface area (Å²) in [6.45, 7) is 8.25. The number of nitrogens with zero attached hydrogens (tertiary/aromatic N) is 1. The van der Waals surface area contributed by atoms with Crippen molar-refractivity contribution < 1.29 is 10.0 Å². The topological polar surface area (TPSA) is 87.7 Å². The van der Waals surface area contributed by atoms with Crippen molar-refractivity contribution in [2.75, 3.05) is 0 Å². The molecule has 2 unspecified atom stereocenters. The molecule has 1 saturated carbocycles. The molecule has 19 heavy (non-hydrogen) atoms. The molecule has 1 aliphatic carbocycles. The summed E-state index contributed by atoms with van der Waals surface area (Å²) in [5, 5.41) is 14.8. The van der Waals surface area contributed by atoms with Crippen molar-refractivity contribution in [1.82, 2.24) is 5.32 Å². The number of nitrogens with two attached hydrogens (primary N) is 1. The summed E-state index contributed by atoms with van der Waals surface area (Å²) in [5.74, 6) is -0.696. The highest BCUT2D eigenvalue weighted by atomic mass is 16.4. The SMILES string of the molecule is CC(C)C(C(=O)NC1CCCC(C)(C)C1)C(N)=NO. The Balaban J connectivity index is 2.67. The van der Waals surface area contributed by atoms with E-state index in [0.717, 1.165) is 19.3 Å². The van der Waals surface area contributed by atoms with Crippen LogP contribution in [0.5, 0.6) is 0 Å². The van der Waals surface area contributed by atoms with Gasteiger partial charge in [-0.2, -0.15) is 0 Å². The Bertz CT molecular complexity index is 351. The summed E-state index contributed by atoms with van der Waals surface area (Å²) >= 11 is 0. The maximum absolute atomic E-state index is 12.3. The molecule has 0 radical (unpaired) electrons. The fourth-order valence-corrected chi connectivity index (χ4v) is 2.95. The van der Waals surface area contributed by atoms with Gasteiger partial charge < -0.3 is 16.3 Å². The third-order valence-corrected chi connectivity index (χ3v) is 3.93. The van der Waals surface area contributed by atoms with Gasteiger partial charge in [-0.15, -0.1) is 0 Å². The summed E-state index contributed by atoms with van der Waals surface area (Å²) in [7, 11) is 0. The normalized spacial score (nSPS) is 25.1. The van der Waals surface area contributed by atoms with Gasteiger partial charge in [0.05, 0.1) is 0 Å². The van der Waals surface area contributed by atoms with Crippen LogP contribution in [0.25, 0.3) is 0 Å². The van der Waals surface area contributed by atoms with Gasteiger partial charge in [0.15, 0.2) is 5.84 Å². The zero-order valence-electron chi connectivity index (χ0n) is 12.4. The molecule has 5 heteroatoms. The van der Waals surface area contributed by atoms with Crippen molar-refractivity contribution in [3.63, 3.8) is 0 Å². The van der Waals surface area contributed by atoms with Crippen molar-refractivity contribution in [3.05, 3.63) is 0 Å². The van der Waals surface area contributed by atoms with E-state index >= 15 is 0 Å². The van der Waals surface area contributed by atoms with Crippen LogP contribution < -0.4 is 11.1 Å². The van der Waals surface area contributed by atoms with Gasteiger partial charge in [-0.25, -0.2) is 0 Å². The van der Waals surface area contributed by atoms with Crippen LogP contribution in [0, 0.1) is 17.3 Å². The lowest BCUT2D eigenvalue weighted by Crippen LogP contribution is -2.47. The predicted octanol–water partition coefficient (Wildman–Crippen LogP) is 2.09. The highest BCUT2D eigenvalue weighted by Crippen LogP contribution is 2.35. The summed E-state index contributed by atoms with van der Waals surface area (Å²) in [5.41, 5.74) is 5.89. The van der Waals surface area contributed by atoms with Gasteiger partial charge in [0.25, 0.3) is 0 Å². The zero-order chi connectivity index (χ0) is 14.6. The fourth-order valence-electron chi connectivity index (χ4n) is 2.95. The Kier molecular flexibility index (Phi) is 5.20. The molecule has 110 valence electrons. The van der Waals surface area contributed by atoms with Gasteiger partial charge in [-0.1, -0.05) is 39.3 Å². The number of amidine groups is 1. The molecule has 0 heterocycles. The van der Waals surface area contributed by atoms with Crippen LogP contribution in [-0.2, 0) is 4.79 Å². The lowest BCUT2D eigenvalue weighted by Gasteiger charge is -2.36. The zero-order valence-corrected chi connectivity index (χ0v) is 12.4. The molecule has 0 aromatic heterocycles. The van der Waals surface area contributed by atoms with E-state index in [-0.39, 0.29) is 29.1 Å². The molecule has 1 amide bonds. The summed E-state index contributed by atoms with van der Waals surface area (Å²) in [6, 6.07) is 0.198. The van der Waals surface area contributed by atoms with Crippen LogP contribution in [-0.4, -0.2) is 23.0 Å². The Morgan fingerprint density at radius 1 is 1.47 bits per heavy atom. The predicted molar refractivity (Wildman–Crippen MR) is 75.9 cm³/mol. The lowest BCUT2D eigenvalue weighted by molar-refractivity contribution is -0.125. The third kappa shape index (κ3) is 4.40. The summed E-state index contributed by atoms with van der Waals surface area (Å²) < 4.78 is 0. The molecular formula is C14H27N3O2. The molecule has 1 rings (SSSR count). The molecule has 5 nitrogen and oxygen atoms in total. The van der Waals surface area contributed by atoms with Crippen molar-refractivity contribution in [2.45, 2.75) is 59.4 Å². The van der Waals surface area contributed by atoms with E-state index in [1.807, 2.05) is 13.8 Å². The third-order valence-electron chi connectivity index (χ3n) is 3.93. The summed E-state index contributed by atoms with van der Waals surface area (Å²) in [4.78, 5) is 12.3. The van der Waals surface area contributed by atoms with Crippen LogP contribution in [0.4, 0.5) is 0 Å². The highest BCUT2D eigenvalue weighted by molar-refractivity contribution is 6.02. The molecule has 2 atom stereocenters. The smallest absolute Gasteiger partial charge is 0.231 e. The minimum Gasteiger partial charge on any atom is -0.409 e. The fraction of sp³-hybridized carbons (Fsp3) is 0.857. The van der Waals surface area contributed by atoms with Gasteiger partial charge in [0.1, 0.15) is 5.92 Å². The van der Waals surface area contributed by atoms with Crippen LogP contribution in [0.1, 0.15) is 53.4 Å². The van der Waals surface area contributed by atoms with Gasteiger partial charge >= 0.3 is 0 Å². The Labute approximate surface area is 115 Å². The first-order valence-electron chi connectivity index (χ1n) is 7.04. The molecule has 0 saturated heterocycles. The maximum Gasteiger partial charge on any atom is 0.231 e. The van der Waals surface area contributed by atoms with E-state index < -0.39 is 5.92 Å². The second kappa shape index (κ2) is 6.26. The molecule has 0 aromatic carbocycles. The summed E-state index contributed by atoms with van der Waals surface area (Å²) in [6.07, 6.45) is 4.33. The minimum atomic E-state index is -0.560. The lowest BCUT2D eigenvalue weighted by atomic mass is 9.75. The van der Waals surface area contributed by atoms with Crippen LogP contribution in [0.15, 0.2) is 5.16 Å². The minimum absolute atomic E-state index is 0.00695. The first kappa shape index (κ1) is 15.8. The Morgan fingerprint density at radius 2 is 2.11 bits per heavy atom. The molecule has 4 N–H and O–H groups in total. The molecule has 0 aliphatic heterocycles. The number of carbonyl (C=O) groups excluding carboxylic acids is 1. The van der Waals surface area contributed by atoms with Gasteiger partial charge in [0.2, 0.25) is 5.91 Å². The van der Waals surface area contributed by atoms with Crippen LogP contribution in [0.2, 0.25) is 0 Å². The number of oxime groups is 1. The maximum atomic E-state index is 12.3. The van der Waals surface area contributed by atoms with E-state index in [2.05, 4.69) is 24.3 Å². The second-order valence-electron chi connectivity index (χ2n) is 6.71. The van der Waals surface area contributed by atoms with Crippen molar-refractivity contribution in [1.29, 1.82) is 0 Å². The monoisotopic (exact) mass is 269 g/mol. The van der Waals surface area contributed by atoms with Gasteiger partial charge in [-0.3, -0.25) is 4.79 Å². The second-order valence-corrected chi connectivity index (χ2v) is 6.71. The molecule has 0 aromatic rings. The molecule has 1 aliphatic rings. The van der Waals surface area contributed by atoms with E-state index in [0.29, 0.717) is 0 Å². The van der Waals surface area contributed by atoms with Crippen LogP contribution >= 0.6 is 0 Å². The largest absolute Gasteiger partial charge is 0.409 e. The highest BCUT2D eigenvalue weighted by Gasteiger charge is 2.32. The molecule has 0 spiro atoms. The van der Waals surface area contributed by atoms with Crippen molar-refractivity contribution in [3.8, 4) is 0 Å². The van der Waals surface area contributed by atoms with Crippen LogP contribution in [0.3, 0.4) is 0 Å². The Morgan fingerprint density at radius 3 is 2.58 bits per heavy atom. The van der Waals surface area contributed by atoms with Gasteiger partial charge in [-0.05, 0) is 30.6 Å². The standard InChI is InChI=1S/C14H27N3O2/c1-9(2)11(12(15)17-19)13(18)16-10-6-5-7-14(3,4)8-10/h9-11,19H,5-8H2,1-4H3,(H2,15,17)(H,16,18). The van der Waals surface area contributed by atoms with Crippen molar-refractivity contribution in [2.24, 2.45) is 28.1 Å². The number of amides is 1. The Hall–Kier alpha value is -1.26. The number of rotatable bonds is 4.